The molecular weight excluding hydrogens is 236 g/mol. The lowest BCUT2D eigenvalue weighted by Gasteiger charge is -2.31. The molecule has 2 saturated heterocycles. The summed E-state index contributed by atoms with van der Waals surface area (Å²) in [4.78, 5) is 2.28. The second-order valence-corrected chi connectivity index (χ2v) is 7.16. The maximum Gasteiger partial charge on any atom is 0.228 e. The zero-order valence-corrected chi connectivity index (χ0v) is 10.5. The summed E-state index contributed by atoms with van der Waals surface area (Å²) in [5.74, 6) is 1.04. The molecule has 2 heterocycles. The van der Waals surface area contributed by atoms with Crippen LogP contribution in [0.2, 0.25) is 0 Å². The maximum atomic E-state index is 11.6. The van der Waals surface area contributed by atoms with Crippen molar-refractivity contribution in [1.82, 2.24) is 9.21 Å². The van der Waals surface area contributed by atoms with Crippen LogP contribution >= 0.6 is 11.6 Å². The number of fused-ring (bicyclic) bond motifs is 1. The van der Waals surface area contributed by atoms with Crippen molar-refractivity contribution in [2.45, 2.75) is 6.42 Å². The Balaban J connectivity index is 2.05. The quantitative estimate of drug-likeness (QED) is 0.668. The highest BCUT2D eigenvalue weighted by molar-refractivity contribution is 7.90. The van der Waals surface area contributed by atoms with Gasteiger partial charge < -0.3 is 4.90 Å². The Hall–Kier alpha value is 0.160. The Bertz CT molecular complexity index is 333. The van der Waals surface area contributed by atoms with E-state index in [4.69, 9.17) is 11.6 Å². The Morgan fingerprint density at radius 1 is 1.27 bits per heavy atom. The van der Waals surface area contributed by atoms with Crippen molar-refractivity contribution >= 4 is 21.6 Å². The molecule has 0 saturated carbocycles. The lowest BCUT2D eigenvalue weighted by Crippen LogP contribution is -2.37. The number of sulfonamides is 1. The molecule has 0 aromatic heterocycles. The summed E-state index contributed by atoms with van der Waals surface area (Å²) < 4.78 is 24.8. The molecule has 2 aliphatic rings. The van der Waals surface area contributed by atoms with Crippen molar-refractivity contribution in [2.75, 3.05) is 38.4 Å². The van der Waals surface area contributed by atoms with Gasteiger partial charge in [-0.2, -0.15) is 0 Å². The number of piperidine rings is 1. The van der Waals surface area contributed by atoms with E-state index in [9.17, 15) is 8.42 Å². The van der Waals surface area contributed by atoms with Crippen molar-refractivity contribution in [3.8, 4) is 0 Å². The van der Waals surface area contributed by atoms with Gasteiger partial charge in [0, 0.05) is 19.6 Å². The lowest BCUT2D eigenvalue weighted by atomic mass is 9.89. The number of nitrogens with zero attached hydrogens (tertiary/aromatic N) is 2. The van der Waals surface area contributed by atoms with Crippen LogP contribution in [0.3, 0.4) is 0 Å². The van der Waals surface area contributed by atoms with Crippen LogP contribution in [0.1, 0.15) is 6.42 Å². The van der Waals surface area contributed by atoms with Gasteiger partial charge in [0.2, 0.25) is 10.0 Å². The molecule has 2 unspecified atom stereocenters. The van der Waals surface area contributed by atoms with Gasteiger partial charge in [0.25, 0.3) is 0 Å². The number of hydrogen-bond donors (Lipinski definition) is 0. The van der Waals surface area contributed by atoms with Crippen LogP contribution in [0.5, 0.6) is 0 Å². The summed E-state index contributed by atoms with van der Waals surface area (Å²) in [6, 6.07) is 0. The third-order valence-electron chi connectivity index (χ3n) is 3.50. The minimum absolute atomic E-state index is 0.289. The monoisotopic (exact) mass is 252 g/mol. The minimum Gasteiger partial charge on any atom is -0.306 e. The second kappa shape index (κ2) is 4.20. The predicted octanol–water partition coefficient (Wildman–Crippen LogP) is 0.396. The van der Waals surface area contributed by atoms with E-state index in [0.717, 1.165) is 19.5 Å². The maximum absolute atomic E-state index is 11.6. The molecule has 15 heavy (non-hydrogen) atoms. The summed E-state index contributed by atoms with van der Waals surface area (Å²) in [6.07, 6.45) is 1.11. The molecule has 0 aliphatic carbocycles. The Labute approximate surface area is 96.2 Å². The fourth-order valence-corrected chi connectivity index (χ4v) is 3.99. The topological polar surface area (TPSA) is 40.6 Å². The number of halogens is 1. The van der Waals surface area contributed by atoms with E-state index in [2.05, 4.69) is 11.9 Å². The van der Waals surface area contributed by atoms with Gasteiger partial charge in [-0.1, -0.05) is 0 Å². The highest BCUT2D eigenvalue weighted by Gasteiger charge is 2.40. The standard InChI is InChI=1S/C9H17ClN2O2S/c1-11-3-2-8-5-12(6-9(8)4-11)15(13,14)7-10/h8-9H,2-7H2,1H3. The Morgan fingerprint density at radius 3 is 2.60 bits per heavy atom. The molecule has 0 N–H and O–H groups in total. The molecule has 2 rings (SSSR count). The van der Waals surface area contributed by atoms with Crippen LogP contribution in [0.4, 0.5) is 0 Å². The van der Waals surface area contributed by atoms with Gasteiger partial charge in [-0.3, -0.25) is 0 Å². The van der Waals surface area contributed by atoms with Crippen molar-refractivity contribution < 1.29 is 8.42 Å². The molecule has 88 valence electrons. The average Bonchev–Trinajstić information content (AvgIpc) is 2.61. The summed E-state index contributed by atoms with van der Waals surface area (Å²) in [5.41, 5.74) is 0. The van der Waals surface area contributed by atoms with Crippen molar-refractivity contribution in [3.05, 3.63) is 0 Å². The van der Waals surface area contributed by atoms with E-state index in [1.54, 1.807) is 4.31 Å². The number of likely N-dealkylation sites (tertiary alicyclic amines) is 1. The molecule has 0 aromatic rings. The second-order valence-electron chi connectivity index (χ2n) is 4.61. The molecule has 0 spiro atoms. The van der Waals surface area contributed by atoms with Gasteiger partial charge in [0.15, 0.2) is 0 Å². The third kappa shape index (κ3) is 2.30. The van der Waals surface area contributed by atoms with Gasteiger partial charge in [-0.15, -0.1) is 11.6 Å². The smallest absolute Gasteiger partial charge is 0.228 e. The highest BCUT2D eigenvalue weighted by Crippen LogP contribution is 2.32. The summed E-state index contributed by atoms with van der Waals surface area (Å²) in [7, 11) is -1.10. The van der Waals surface area contributed by atoms with Gasteiger partial charge >= 0.3 is 0 Å². The Kier molecular flexibility index (Phi) is 3.26. The van der Waals surface area contributed by atoms with E-state index in [1.165, 1.54) is 0 Å². The lowest BCUT2D eigenvalue weighted by molar-refractivity contribution is 0.178. The van der Waals surface area contributed by atoms with E-state index in [0.29, 0.717) is 24.9 Å². The number of rotatable bonds is 2. The van der Waals surface area contributed by atoms with Crippen LogP contribution < -0.4 is 0 Å². The van der Waals surface area contributed by atoms with Crippen molar-refractivity contribution in [2.24, 2.45) is 11.8 Å². The minimum atomic E-state index is -3.19. The first-order chi connectivity index (χ1) is 7.03. The SMILES string of the molecule is CN1CCC2CN(S(=O)(=O)CCl)CC2C1. The molecule has 2 atom stereocenters. The first-order valence-electron chi connectivity index (χ1n) is 5.25. The van der Waals surface area contributed by atoms with Crippen LogP contribution in [0, 0.1) is 11.8 Å². The Morgan fingerprint density at radius 2 is 1.93 bits per heavy atom. The molecule has 0 aromatic carbocycles. The third-order valence-corrected chi connectivity index (χ3v) is 5.69. The normalized spacial score (nSPS) is 34.3. The predicted molar refractivity (Wildman–Crippen MR) is 60.3 cm³/mol. The van der Waals surface area contributed by atoms with Crippen LogP contribution in [-0.2, 0) is 10.0 Å². The fraction of sp³-hybridized carbons (Fsp3) is 1.00. The molecule has 0 bridgehead atoms. The molecule has 0 radical (unpaired) electrons. The van der Waals surface area contributed by atoms with E-state index >= 15 is 0 Å². The summed E-state index contributed by atoms with van der Waals surface area (Å²) >= 11 is 5.46. The zero-order chi connectivity index (χ0) is 11.1. The first-order valence-corrected chi connectivity index (χ1v) is 7.39. The van der Waals surface area contributed by atoms with Gasteiger partial charge in [0.05, 0.1) is 0 Å². The molecule has 2 fully saturated rings. The largest absolute Gasteiger partial charge is 0.306 e. The molecule has 0 amide bonds. The highest BCUT2D eigenvalue weighted by atomic mass is 35.5. The first kappa shape index (κ1) is 11.6. The molecule has 4 nitrogen and oxygen atoms in total. The van der Waals surface area contributed by atoms with Gasteiger partial charge in [0.1, 0.15) is 5.21 Å². The zero-order valence-electron chi connectivity index (χ0n) is 8.89. The van der Waals surface area contributed by atoms with Gasteiger partial charge in [-0.05, 0) is 31.8 Å². The van der Waals surface area contributed by atoms with Crippen molar-refractivity contribution in [3.63, 3.8) is 0 Å². The van der Waals surface area contributed by atoms with Gasteiger partial charge in [-0.25, -0.2) is 12.7 Å². The van der Waals surface area contributed by atoms with Crippen LogP contribution in [0.15, 0.2) is 0 Å². The van der Waals surface area contributed by atoms with Crippen molar-refractivity contribution in [1.29, 1.82) is 0 Å². The summed E-state index contributed by atoms with van der Waals surface area (Å²) in [6.45, 7) is 3.42. The molecule has 6 heteroatoms. The number of hydrogen-bond acceptors (Lipinski definition) is 3. The average molecular weight is 253 g/mol. The number of alkyl halides is 1. The fourth-order valence-electron chi connectivity index (χ4n) is 2.60. The van der Waals surface area contributed by atoms with Crippen LogP contribution in [0.25, 0.3) is 0 Å². The van der Waals surface area contributed by atoms with E-state index in [1.807, 2.05) is 0 Å². The molecule has 2 aliphatic heterocycles. The van der Waals surface area contributed by atoms with Crippen LogP contribution in [-0.4, -0.2) is 56.1 Å². The molecular formula is C9H17ClN2O2S. The van der Waals surface area contributed by atoms with E-state index in [-0.39, 0.29) is 5.21 Å². The van der Waals surface area contributed by atoms with E-state index < -0.39 is 10.0 Å². The summed E-state index contributed by atoms with van der Waals surface area (Å²) in [5, 5.41) is -0.289.